The molecule has 2 bridgehead atoms. The Morgan fingerprint density at radius 1 is 1.06 bits per heavy atom. The second-order valence-electron chi connectivity index (χ2n) is 13.7. The number of amides is 1. The summed E-state index contributed by atoms with van der Waals surface area (Å²) >= 11 is 12.9. The summed E-state index contributed by atoms with van der Waals surface area (Å²) in [5.74, 6) is 0.402. The maximum Gasteiger partial charge on any atom is 0.417 e. The molecular weight excluding hydrogens is 720 g/mol. The van der Waals surface area contributed by atoms with Crippen molar-refractivity contribution in [3.05, 3.63) is 69.3 Å². The first-order valence-corrected chi connectivity index (χ1v) is 18.8. The molecule has 4 aromatic rings. The van der Waals surface area contributed by atoms with Crippen LogP contribution in [0.5, 0.6) is 5.75 Å². The van der Waals surface area contributed by atoms with Gasteiger partial charge >= 0.3 is 6.18 Å². The molecule has 50 heavy (non-hydrogen) atoms. The van der Waals surface area contributed by atoms with Gasteiger partial charge in [0.15, 0.2) is 0 Å². The molecule has 0 saturated heterocycles. The second kappa shape index (κ2) is 12.9. The number of aromatic nitrogens is 3. The predicted molar refractivity (Wildman–Crippen MR) is 178 cm³/mol. The maximum atomic E-state index is 14.1. The van der Waals surface area contributed by atoms with Crippen molar-refractivity contribution in [2.45, 2.75) is 82.1 Å². The number of alkyl halides is 3. The van der Waals surface area contributed by atoms with Gasteiger partial charge in [0.1, 0.15) is 17.2 Å². The summed E-state index contributed by atoms with van der Waals surface area (Å²) in [6, 6.07) is 5.06. The number of carbonyl (C=O) groups is 1. The molecule has 4 aliphatic rings. The molecule has 266 valence electrons. The van der Waals surface area contributed by atoms with E-state index in [1.165, 1.54) is 24.5 Å². The Balaban J connectivity index is 1.03. The van der Waals surface area contributed by atoms with Gasteiger partial charge in [-0.05, 0) is 75.6 Å². The minimum Gasteiger partial charge on any atom is -0.493 e. The lowest BCUT2D eigenvalue weighted by molar-refractivity contribution is -0.150. The van der Waals surface area contributed by atoms with Gasteiger partial charge in [-0.15, -0.1) is 0 Å². The average molecular weight is 754 g/mol. The van der Waals surface area contributed by atoms with Crippen LogP contribution in [-0.2, 0) is 38.8 Å². The van der Waals surface area contributed by atoms with E-state index in [2.05, 4.69) is 15.1 Å². The lowest BCUT2D eigenvalue weighted by Gasteiger charge is -2.52. The molecule has 4 aliphatic carbocycles. The normalized spacial score (nSPS) is 22.2. The van der Waals surface area contributed by atoms with E-state index in [4.69, 9.17) is 37.2 Å². The molecule has 0 aliphatic heterocycles. The summed E-state index contributed by atoms with van der Waals surface area (Å²) in [5, 5.41) is 4.94. The van der Waals surface area contributed by atoms with Crippen LogP contribution >= 0.6 is 23.2 Å². The highest BCUT2D eigenvalue weighted by Crippen LogP contribution is 2.55. The minimum atomic E-state index is -4.75. The van der Waals surface area contributed by atoms with Gasteiger partial charge in [-0.1, -0.05) is 28.4 Å². The predicted octanol–water partition coefficient (Wildman–Crippen LogP) is 7.79. The number of halogens is 5. The molecule has 16 heteroatoms. The summed E-state index contributed by atoms with van der Waals surface area (Å²) in [7, 11) is -3.87. The summed E-state index contributed by atoms with van der Waals surface area (Å²) in [5.41, 5.74) is 0.361. The minimum absolute atomic E-state index is 0.0130. The molecule has 1 aromatic carbocycles. The van der Waals surface area contributed by atoms with Crippen molar-refractivity contribution in [1.82, 2.24) is 19.8 Å². The third-order valence-corrected chi connectivity index (χ3v) is 11.2. The number of nitrogens with one attached hydrogen (secondary N) is 1. The third kappa shape index (κ3) is 7.30. The van der Waals surface area contributed by atoms with Crippen molar-refractivity contribution in [3.8, 4) is 17.0 Å². The van der Waals surface area contributed by atoms with Gasteiger partial charge in [-0.2, -0.15) is 13.2 Å². The van der Waals surface area contributed by atoms with Crippen LogP contribution in [0, 0.1) is 5.41 Å². The third-order valence-electron chi connectivity index (χ3n) is 10.0. The Labute approximate surface area is 296 Å². The Hall–Kier alpha value is -3.46. The monoisotopic (exact) mass is 752 g/mol. The zero-order chi connectivity index (χ0) is 35.5. The molecular formula is C34H33Cl2F3N4O6S. The Morgan fingerprint density at radius 2 is 1.74 bits per heavy atom. The highest BCUT2D eigenvalue weighted by atomic mass is 35.5. The topological polar surface area (TPSA) is 134 Å². The molecule has 4 fully saturated rings. The number of hydrogen-bond acceptors (Lipinski definition) is 9. The van der Waals surface area contributed by atoms with Gasteiger partial charge in [0.2, 0.25) is 15.9 Å². The standard InChI is InChI=1S/C34H33Cl2F3N4O6S/c1-50(45,46)43-28(44)13-20-12-24(34(37,38)39)22-14-21(4-5-27(22)41-20)47-18-32-6-9-33(10-7-32,11-8-32)48-17-23-30(42-49-31(23)19-2-3-19)29-25(35)15-40-16-26(29)36/h4-5,12,14-16,19H,2-3,6-11,13,17-18H2,1H3,(H,43,44). The van der Waals surface area contributed by atoms with E-state index in [1.54, 1.807) is 10.8 Å². The highest BCUT2D eigenvalue weighted by Gasteiger charge is 2.50. The molecule has 0 spiro atoms. The second-order valence-corrected chi connectivity index (χ2v) is 16.3. The van der Waals surface area contributed by atoms with Gasteiger partial charge in [-0.25, -0.2) is 8.42 Å². The van der Waals surface area contributed by atoms with E-state index in [9.17, 15) is 26.4 Å². The smallest absolute Gasteiger partial charge is 0.417 e. The molecule has 8 rings (SSSR count). The molecule has 4 saturated carbocycles. The van der Waals surface area contributed by atoms with E-state index in [0.29, 0.717) is 40.4 Å². The molecule has 3 aromatic heterocycles. The maximum absolute atomic E-state index is 14.1. The molecule has 1 amide bonds. The van der Waals surface area contributed by atoms with E-state index in [0.717, 1.165) is 75.0 Å². The fourth-order valence-corrected chi connectivity index (χ4v) is 8.20. The lowest BCUT2D eigenvalue weighted by Crippen LogP contribution is -2.49. The van der Waals surface area contributed by atoms with E-state index < -0.39 is 34.1 Å². The average Bonchev–Trinajstić information content (AvgIpc) is 3.81. The Kier molecular flexibility index (Phi) is 9.05. The summed E-state index contributed by atoms with van der Waals surface area (Å²) < 4.78 is 85.5. The van der Waals surface area contributed by atoms with Crippen LogP contribution in [-0.4, -0.2) is 47.9 Å². The number of fused-ring (bicyclic) bond motifs is 4. The van der Waals surface area contributed by atoms with Gasteiger partial charge in [0.05, 0.1) is 58.3 Å². The van der Waals surface area contributed by atoms with Crippen molar-refractivity contribution < 1.29 is 40.4 Å². The number of rotatable bonds is 11. The van der Waals surface area contributed by atoms with Crippen molar-refractivity contribution in [2.75, 3.05) is 12.9 Å². The van der Waals surface area contributed by atoms with Gasteiger partial charge in [0, 0.05) is 40.2 Å². The molecule has 10 nitrogen and oxygen atoms in total. The summed E-state index contributed by atoms with van der Waals surface area (Å²) in [6.07, 6.45) is 5.42. The number of sulfonamides is 1. The van der Waals surface area contributed by atoms with E-state index in [-0.39, 0.29) is 33.4 Å². The van der Waals surface area contributed by atoms with Crippen molar-refractivity contribution >= 4 is 50.0 Å². The number of carbonyl (C=O) groups excluding carboxylic acids is 1. The SMILES string of the molecule is CS(=O)(=O)NC(=O)Cc1cc(C(F)(F)F)c2cc(OCC34CCC(OCc5c(-c6c(Cl)cncc6Cl)noc5C5CC5)(CC3)CC4)ccc2n1. The van der Waals surface area contributed by atoms with Crippen LogP contribution in [0.4, 0.5) is 13.2 Å². The number of hydrogen-bond donors (Lipinski definition) is 1. The highest BCUT2D eigenvalue weighted by molar-refractivity contribution is 7.89. The Morgan fingerprint density at radius 3 is 2.36 bits per heavy atom. The van der Waals surface area contributed by atoms with Crippen molar-refractivity contribution in [3.63, 3.8) is 0 Å². The quantitative estimate of drug-likeness (QED) is 0.163. The first-order chi connectivity index (χ1) is 23.6. The van der Waals surface area contributed by atoms with Gasteiger partial charge in [0.25, 0.3) is 0 Å². The Bertz CT molecular complexity index is 2040. The van der Waals surface area contributed by atoms with Crippen LogP contribution < -0.4 is 9.46 Å². The molecule has 3 heterocycles. The van der Waals surface area contributed by atoms with Crippen LogP contribution in [0.3, 0.4) is 0 Å². The number of benzene rings is 1. The molecule has 0 unspecified atom stereocenters. The molecule has 0 atom stereocenters. The lowest BCUT2D eigenvalue weighted by atomic mass is 9.59. The van der Waals surface area contributed by atoms with Gasteiger partial charge in [-0.3, -0.25) is 19.5 Å². The zero-order valence-electron chi connectivity index (χ0n) is 26.9. The number of nitrogens with zero attached hydrogens (tertiary/aromatic N) is 3. The van der Waals surface area contributed by atoms with E-state index in [1.807, 2.05) is 0 Å². The largest absolute Gasteiger partial charge is 0.493 e. The van der Waals surface area contributed by atoms with Crippen LogP contribution in [0.25, 0.3) is 22.2 Å². The first-order valence-electron chi connectivity index (χ1n) is 16.2. The van der Waals surface area contributed by atoms with Gasteiger partial charge < -0.3 is 14.0 Å². The fourth-order valence-electron chi connectivity index (χ4n) is 7.17. The zero-order valence-corrected chi connectivity index (χ0v) is 29.2. The van der Waals surface area contributed by atoms with Crippen LogP contribution in [0.15, 0.2) is 41.2 Å². The van der Waals surface area contributed by atoms with Crippen LogP contribution in [0.2, 0.25) is 10.0 Å². The van der Waals surface area contributed by atoms with E-state index >= 15 is 0 Å². The molecule has 0 radical (unpaired) electrons. The summed E-state index contributed by atoms with van der Waals surface area (Å²) in [6.45, 7) is 0.647. The van der Waals surface area contributed by atoms with Crippen molar-refractivity contribution in [1.29, 1.82) is 0 Å². The molecule has 1 N–H and O–H groups in total. The number of pyridine rings is 2. The summed E-state index contributed by atoms with van der Waals surface area (Å²) in [4.78, 5) is 20.3. The van der Waals surface area contributed by atoms with Crippen LogP contribution in [0.1, 0.15) is 79.9 Å². The van der Waals surface area contributed by atoms with Crippen molar-refractivity contribution in [2.24, 2.45) is 5.41 Å². The number of ether oxygens (including phenoxy) is 2. The fraction of sp³-hybridized carbons (Fsp3) is 0.471. The first kappa shape index (κ1) is 35.0.